The molecule has 154 valence electrons. The molecule has 3 heterocycles. The highest BCUT2D eigenvalue weighted by Crippen LogP contribution is 2.33. The van der Waals surface area contributed by atoms with Gasteiger partial charge in [0.15, 0.2) is 11.2 Å². The highest BCUT2D eigenvalue weighted by molar-refractivity contribution is 5.77. The van der Waals surface area contributed by atoms with Crippen LogP contribution in [-0.4, -0.2) is 25.2 Å². The van der Waals surface area contributed by atoms with Crippen molar-refractivity contribution in [3.05, 3.63) is 50.2 Å². The molecule has 0 N–H and O–H groups in total. The van der Waals surface area contributed by atoms with Crippen molar-refractivity contribution in [3.63, 3.8) is 0 Å². The number of aryl methyl sites for hydroxylation is 4. The van der Waals surface area contributed by atoms with Gasteiger partial charge in [0.1, 0.15) is 0 Å². The van der Waals surface area contributed by atoms with Crippen LogP contribution in [0.3, 0.4) is 0 Å². The highest BCUT2D eigenvalue weighted by atomic mass is 16.2. The number of fused-ring (bicyclic) bond motifs is 3. The highest BCUT2D eigenvalue weighted by Gasteiger charge is 2.27. The van der Waals surface area contributed by atoms with E-state index in [-0.39, 0.29) is 11.2 Å². The van der Waals surface area contributed by atoms with Gasteiger partial charge >= 0.3 is 5.69 Å². The summed E-state index contributed by atoms with van der Waals surface area (Å²) in [5, 5.41) is 0. The van der Waals surface area contributed by atoms with Crippen LogP contribution >= 0.6 is 0 Å². The van der Waals surface area contributed by atoms with Crippen molar-refractivity contribution in [3.8, 4) is 0 Å². The van der Waals surface area contributed by atoms with Gasteiger partial charge in [0.25, 0.3) is 5.56 Å². The number of imidazole rings is 1. The van der Waals surface area contributed by atoms with E-state index in [1.54, 1.807) is 7.05 Å². The molecule has 0 amide bonds. The van der Waals surface area contributed by atoms with E-state index < -0.39 is 0 Å². The molecule has 4 rings (SSSR count). The van der Waals surface area contributed by atoms with Crippen LogP contribution in [0.1, 0.15) is 43.7 Å². The lowest BCUT2D eigenvalue weighted by molar-refractivity contribution is 0.546. The molecule has 1 aliphatic heterocycles. The van der Waals surface area contributed by atoms with Gasteiger partial charge in [-0.15, -0.1) is 0 Å². The molecule has 0 atom stereocenters. The average molecular weight is 396 g/mol. The van der Waals surface area contributed by atoms with Gasteiger partial charge in [-0.05, 0) is 38.3 Å². The lowest BCUT2D eigenvalue weighted by Gasteiger charge is -2.30. The Morgan fingerprint density at radius 2 is 1.90 bits per heavy atom. The van der Waals surface area contributed by atoms with E-state index in [9.17, 15) is 9.59 Å². The zero-order valence-electron chi connectivity index (χ0n) is 17.7. The minimum atomic E-state index is -0.285. The first kappa shape index (κ1) is 19.5. The maximum Gasteiger partial charge on any atom is 0.332 e. The Bertz CT molecular complexity index is 1180. The van der Waals surface area contributed by atoms with Gasteiger partial charge in [0, 0.05) is 32.4 Å². The number of rotatable bonds is 5. The zero-order valence-corrected chi connectivity index (χ0v) is 17.7. The Hall–Kier alpha value is -2.83. The summed E-state index contributed by atoms with van der Waals surface area (Å²) in [4.78, 5) is 33.0. The number of anilines is 2. The van der Waals surface area contributed by atoms with Crippen LogP contribution in [0.15, 0.2) is 27.8 Å². The average Bonchev–Trinajstić information content (AvgIpc) is 3.09. The van der Waals surface area contributed by atoms with Crippen molar-refractivity contribution in [1.29, 1.82) is 0 Å². The number of nitrogens with zero attached hydrogens (tertiary/aromatic N) is 5. The van der Waals surface area contributed by atoms with Crippen LogP contribution in [-0.2, 0) is 20.1 Å². The number of benzene rings is 1. The minimum Gasteiger partial charge on any atom is -0.312 e. The predicted octanol–water partition coefficient (Wildman–Crippen LogP) is 3.25. The fraction of sp³-hybridized carbons (Fsp3) is 0.500. The molecule has 0 saturated carbocycles. The molecule has 0 fully saturated rings. The van der Waals surface area contributed by atoms with Crippen molar-refractivity contribution in [2.24, 2.45) is 7.05 Å². The fourth-order valence-corrected chi connectivity index (χ4v) is 4.32. The van der Waals surface area contributed by atoms with Gasteiger partial charge < -0.3 is 9.47 Å². The van der Waals surface area contributed by atoms with E-state index in [0.717, 1.165) is 50.4 Å². The Morgan fingerprint density at radius 3 is 2.62 bits per heavy atom. The summed E-state index contributed by atoms with van der Waals surface area (Å²) in [6.45, 7) is 8.32. The molecule has 0 saturated heterocycles. The first-order chi connectivity index (χ1) is 13.9. The van der Waals surface area contributed by atoms with Crippen molar-refractivity contribution < 1.29 is 0 Å². The zero-order chi connectivity index (χ0) is 20.7. The largest absolute Gasteiger partial charge is 0.332 e. The second kappa shape index (κ2) is 7.54. The van der Waals surface area contributed by atoms with E-state index in [4.69, 9.17) is 4.98 Å². The topological polar surface area (TPSA) is 65.1 Å². The van der Waals surface area contributed by atoms with Crippen molar-refractivity contribution in [1.82, 2.24) is 18.7 Å². The Balaban J connectivity index is 1.90. The molecular weight excluding hydrogens is 366 g/mol. The van der Waals surface area contributed by atoms with Gasteiger partial charge in [-0.25, -0.2) is 4.79 Å². The second-order valence-corrected chi connectivity index (χ2v) is 8.04. The van der Waals surface area contributed by atoms with E-state index in [1.165, 1.54) is 20.3 Å². The molecular formula is C22H29N5O2. The Labute approximate surface area is 170 Å². The van der Waals surface area contributed by atoms with Crippen molar-refractivity contribution in [2.75, 3.05) is 11.4 Å². The smallest absolute Gasteiger partial charge is 0.312 e. The van der Waals surface area contributed by atoms with Gasteiger partial charge in [-0.2, -0.15) is 4.98 Å². The summed E-state index contributed by atoms with van der Waals surface area (Å²) < 4.78 is 4.90. The monoisotopic (exact) mass is 395 g/mol. The van der Waals surface area contributed by atoms with Crippen LogP contribution in [0.25, 0.3) is 11.2 Å². The second-order valence-electron chi connectivity index (χ2n) is 8.04. The summed E-state index contributed by atoms with van der Waals surface area (Å²) in [6, 6.07) is 6.37. The SMILES string of the molecule is CCCCCn1c(=O)c2c(nc3n2CCCN3c2ccc(C)cc2C)n(C)c1=O. The first-order valence-electron chi connectivity index (χ1n) is 10.5. The van der Waals surface area contributed by atoms with E-state index in [2.05, 4.69) is 43.9 Å². The first-order valence-corrected chi connectivity index (χ1v) is 10.5. The molecule has 7 nitrogen and oxygen atoms in total. The fourth-order valence-electron chi connectivity index (χ4n) is 4.32. The molecule has 29 heavy (non-hydrogen) atoms. The van der Waals surface area contributed by atoms with Gasteiger partial charge in [0.2, 0.25) is 5.95 Å². The van der Waals surface area contributed by atoms with Crippen molar-refractivity contribution in [2.45, 2.75) is 59.5 Å². The van der Waals surface area contributed by atoms with E-state index in [1.807, 2.05) is 4.57 Å². The molecule has 0 aliphatic carbocycles. The summed E-state index contributed by atoms with van der Waals surface area (Å²) in [5.74, 6) is 0.747. The van der Waals surface area contributed by atoms with Crippen molar-refractivity contribution >= 4 is 22.8 Å². The molecule has 7 heteroatoms. The third kappa shape index (κ3) is 3.18. The summed E-state index contributed by atoms with van der Waals surface area (Å²) in [5.41, 5.74) is 3.99. The maximum absolute atomic E-state index is 13.3. The number of unbranched alkanes of at least 4 members (excludes halogenated alkanes) is 2. The lowest BCUT2D eigenvalue weighted by atomic mass is 10.1. The van der Waals surface area contributed by atoms with Gasteiger partial charge in [0.05, 0.1) is 0 Å². The third-order valence-electron chi connectivity index (χ3n) is 5.85. The summed E-state index contributed by atoms with van der Waals surface area (Å²) >= 11 is 0. The molecule has 0 radical (unpaired) electrons. The molecule has 0 spiro atoms. The summed E-state index contributed by atoms with van der Waals surface area (Å²) in [7, 11) is 1.71. The van der Waals surface area contributed by atoms with Crippen LogP contribution in [0.4, 0.5) is 11.6 Å². The minimum absolute atomic E-state index is 0.222. The third-order valence-corrected chi connectivity index (χ3v) is 5.85. The maximum atomic E-state index is 13.3. The van der Waals surface area contributed by atoms with E-state index >= 15 is 0 Å². The van der Waals surface area contributed by atoms with Crippen LogP contribution in [0.2, 0.25) is 0 Å². The van der Waals surface area contributed by atoms with E-state index in [0.29, 0.717) is 17.7 Å². The standard InChI is InChI=1S/C22H29N5O2/c1-5-6-7-11-27-20(28)18-19(24(4)22(27)29)23-21-25(12-8-13-26(18)21)17-10-9-15(2)14-16(17)3/h9-10,14H,5-8,11-13H2,1-4H3. The van der Waals surface area contributed by atoms with Gasteiger partial charge in [-0.1, -0.05) is 37.5 Å². The number of aromatic nitrogens is 4. The summed E-state index contributed by atoms with van der Waals surface area (Å²) in [6.07, 6.45) is 3.79. The molecule has 3 aromatic rings. The molecule has 1 aromatic carbocycles. The van der Waals surface area contributed by atoms with Crippen LogP contribution in [0.5, 0.6) is 0 Å². The number of hydrogen-bond donors (Lipinski definition) is 0. The normalized spacial score (nSPS) is 13.9. The molecule has 0 unspecified atom stereocenters. The predicted molar refractivity (Wildman–Crippen MR) is 116 cm³/mol. The quantitative estimate of drug-likeness (QED) is 0.622. The van der Waals surface area contributed by atoms with Crippen LogP contribution < -0.4 is 16.1 Å². The molecule has 2 aromatic heterocycles. The molecule has 1 aliphatic rings. The number of hydrogen-bond acceptors (Lipinski definition) is 4. The lowest BCUT2D eigenvalue weighted by Crippen LogP contribution is -2.40. The van der Waals surface area contributed by atoms with Gasteiger partial charge in [-0.3, -0.25) is 13.9 Å². The van der Waals surface area contributed by atoms with Crippen LogP contribution in [0, 0.1) is 13.8 Å². The molecule has 0 bridgehead atoms. The Kier molecular flexibility index (Phi) is 5.06. The Morgan fingerprint density at radius 1 is 1.10 bits per heavy atom.